The van der Waals surface area contributed by atoms with E-state index in [1.54, 1.807) is 29.0 Å². The fourth-order valence-corrected chi connectivity index (χ4v) is 4.30. The molecule has 2 saturated carbocycles. The second-order valence-corrected chi connectivity index (χ2v) is 8.90. The van der Waals surface area contributed by atoms with E-state index in [4.69, 9.17) is 11.6 Å². The number of carbonyl (C=O) groups excluding carboxylic acids is 1. The van der Waals surface area contributed by atoms with Gasteiger partial charge in [0.05, 0.1) is 33.9 Å². The first-order valence-corrected chi connectivity index (χ1v) is 10.9. The van der Waals surface area contributed by atoms with Crippen LogP contribution in [0.5, 0.6) is 0 Å². The molecule has 2 atom stereocenters. The summed E-state index contributed by atoms with van der Waals surface area (Å²) in [4.78, 5) is 12.0. The lowest BCUT2D eigenvalue weighted by molar-refractivity contribution is -0.117. The van der Waals surface area contributed by atoms with Crippen molar-refractivity contribution in [1.29, 1.82) is 0 Å². The summed E-state index contributed by atoms with van der Waals surface area (Å²) < 4.78 is 30.0. The Morgan fingerprint density at radius 2 is 2.16 bits per heavy atom. The van der Waals surface area contributed by atoms with Crippen molar-refractivity contribution < 1.29 is 13.6 Å². The van der Waals surface area contributed by atoms with Crippen LogP contribution in [0.1, 0.15) is 19.3 Å². The third kappa shape index (κ3) is 3.28. The molecule has 164 valence electrons. The Morgan fingerprint density at radius 1 is 1.34 bits per heavy atom. The fraction of sp³-hybridized carbons (Fsp3) is 0.318. The Labute approximate surface area is 186 Å². The Balaban J connectivity index is 1.38. The molecule has 7 nitrogen and oxygen atoms in total. The summed E-state index contributed by atoms with van der Waals surface area (Å²) in [5, 5.41) is 17.8. The first-order chi connectivity index (χ1) is 15.5. The average molecular weight is 457 g/mol. The zero-order valence-electron chi connectivity index (χ0n) is 16.8. The van der Waals surface area contributed by atoms with Crippen LogP contribution >= 0.6 is 11.6 Å². The van der Waals surface area contributed by atoms with E-state index in [9.17, 15) is 9.18 Å². The summed E-state index contributed by atoms with van der Waals surface area (Å²) in [5.41, 5.74) is 2.78. The van der Waals surface area contributed by atoms with E-state index >= 15 is 4.39 Å². The molecule has 0 radical (unpaired) electrons. The monoisotopic (exact) mass is 456 g/mol. The number of anilines is 2. The van der Waals surface area contributed by atoms with E-state index in [1.807, 2.05) is 6.07 Å². The first-order valence-electron chi connectivity index (χ1n) is 10.5. The number of pyridine rings is 1. The van der Waals surface area contributed by atoms with Gasteiger partial charge in [-0.3, -0.25) is 9.89 Å². The van der Waals surface area contributed by atoms with E-state index in [2.05, 4.69) is 25.9 Å². The molecule has 3 heterocycles. The molecule has 1 amide bonds. The number of fused-ring (bicyclic) bond motifs is 2. The highest BCUT2D eigenvalue weighted by Crippen LogP contribution is 2.42. The average Bonchev–Trinajstić information content (AvgIpc) is 3.64. The van der Waals surface area contributed by atoms with Crippen LogP contribution in [-0.2, 0) is 4.79 Å². The molecule has 3 N–H and O–H groups in total. The van der Waals surface area contributed by atoms with Gasteiger partial charge in [0.2, 0.25) is 5.91 Å². The number of nitrogens with one attached hydrogen (secondary N) is 3. The molecule has 2 aliphatic carbocycles. The largest absolute Gasteiger partial charge is 0.381 e. The second-order valence-electron chi connectivity index (χ2n) is 8.52. The van der Waals surface area contributed by atoms with E-state index < -0.39 is 17.9 Å². The Kier molecular flexibility index (Phi) is 4.36. The van der Waals surface area contributed by atoms with Gasteiger partial charge in [-0.25, -0.2) is 13.3 Å². The van der Waals surface area contributed by atoms with Crippen LogP contribution in [0.3, 0.4) is 0 Å². The molecule has 2 aliphatic rings. The zero-order chi connectivity index (χ0) is 22.0. The minimum atomic E-state index is -1.07. The van der Waals surface area contributed by atoms with Crippen LogP contribution < -0.4 is 10.6 Å². The van der Waals surface area contributed by atoms with Crippen molar-refractivity contribution in [3.8, 4) is 11.1 Å². The van der Waals surface area contributed by atoms with Gasteiger partial charge >= 0.3 is 0 Å². The van der Waals surface area contributed by atoms with E-state index in [1.165, 1.54) is 0 Å². The van der Waals surface area contributed by atoms with Crippen LogP contribution in [-0.4, -0.2) is 38.4 Å². The van der Waals surface area contributed by atoms with Crippen molar-refractivity contribution in [2.45, 2.75) is 25.4 Å². The summed E-state index contributed by atoms with van der Waals surface area (Å²) in [6.45, 7) is 0.695. The summed E-state index contributed by atoms with van der Waals surface area (Å²) >= 11 is 6.51. The van der Waals surface area contributed by atoms with Gasteiger partial charge in [-0.05, 0) is 42.9 Å². The molecular weight excluding hydrogens is 438 g/mol. The van der Waals surface area contributed by atoms with Gasteiger partial charge in [-0.2, -0.15) is 10.2 Å². The molecule has 4 aromatic rings. The predicted molar refractivity (Wildman–Crippen MR) is 118 cm³/mol. The highest BCUT2D eigenvalue weighted by molar-refractivity contribution is 6.36. The van der Waals surface area contributed by atoms with Crippen LogP contribution in [0.2, 0.25) is 5.02 Å². The highest BCUT2D eigenvalue weighted by atomic mass is 35.5. The number of hydrogen-bond acceptors (Lipinski definition) is 4. The number of halogens is 3. The van der Waals surface area contributed by atoms with E-state index in [0.717, 1.165) is 12.8 Å². The first kappa shape index (κ1) is 19.5. The van der Waals surface area contributed by atoms with Gasteiger partial charge in [0.15, 0.2) is 11.6 Å². The lowest BCUT2D eigenvalue weighted by Gasteiger charge is -2.14. The van der Waals surface area contributed by atoms with Gasteiger partial charge in [0, 0.05) is 29.8 Å². The van der Waals surface area contributed by atoms with Gasteiger partial charge in [0.1, 0.15) is 6.17 Å². The molecule has 32 heavy (non-hydrogen) atoms. The van der Waals surface area contributed by atoms with Crippen molar-refractivity contribution in [2.75, 3.05) is 17.2 Å². The molecule has 0 aliphatic heterocycles. The van der Waals surface area contributed by atoms with E-state index in [-0.39, 0.29) is 17.4 Å². The topological polar surface area (TPSA) is 87.1 Å². The minimum Gasteiger partial charge on any atom is -0.381 e. The van der Waals surface area contributed by atoms with Crippen LogP contribution in [0.25, 0.3) is 27.5 Å². The molecule has 0 bridgehead atoms. The number of alkyl halides is 1. The van der Waals surface area contributed by atoms with Gasteiger partial charge in [0.25, 0.3) is 0 Å². The second kappa shape index (κ2) is 7.16. The molecule has 10 heteroatoms. The van der Waals surface area contributed by atoms with Gasteiger partial charge in [-0.1, -0.05) is 11.6 Å². The number of rotatable bonds is 6. The number of hydrogen-bond donors (Lipinski definition) is 3. The van der Waals surface area contributed by atoms with Crippen molar-refractivity contribution in [3.05, 3.63) is 41.4 Å². The lowest BCUT2D eigenvalue weighted by Crippen LogP contribution is -2.15. The van der Waals surface area contributed by atoms with Crippen molar-refractivity contribution in [1.82, 2.24) is 19.8 Å². The lowest BCUT2D eigenvalue weighted by atomic mass is 10.0. The smallest absolute Gasteiger partial charge is 0.231 e. The number of nitrogens with zero attached hydrogens (tertiary/aromatic N) is 3. The highest BCUT2D eigenvalue weighted by Gasteiger charge is 2.43. The van der Waals surface area contributed by atoms with E-state index in [0.29, 0.717) is 51.5 Å². The zero-order valence-corrected chi connectivity index (χ0v) is 17.6. The predicted octanol–water partition coefficient (Wildman–Crippen LogP) is 4.79. The maximum absolute atomic E-state index is 15.3. The molecule has 0 unspecified atom stereocenters. The number of H-pyrrole nitrogens is 1. The molecular formula is C22H19ClF2N6O. The number of carbonyl (C=O) groups is 1. The summed E-state index contributed by atoms with van der Waals surface area (Å²) in [5.74, 6) is -0.595. The summed E-state index contributed by atoms with van der Waals surface area (Å²) in [6, 6.07) is 5.26. The summed E-state index contributed by atoms with van der Waals surface area (Å²) in [6.07, 6.45) is 4.81. The maximum atomic E-state index is 15.3. The molecule has 3 aromatic heterocycles. The third-order valence-corrected chi connectivity index (χ3v) is 6.46. The van der Waals surface area contributed by atoms with Crippen molar-refractivity contribution >= 4 is 45.4 Å². The Bertz CT molecular complexity index is 1380. The van der Waals surface area contributed by atoms with Crippen molar-refractivity contribution in [2.24, 2.45) is 11.8 Å². The normalized spacial score (nSPS) is 20.1. The quantitative estimate of drug-likeness (QED) is 0.389. The van der Waals surface area contributed by atoms with Crippen LogP contribution in [0, 0.1) is 17.7 Å². The van der Waals surface area contributed by atoms with Crippen molar-refractivity contribution in [3.63, 3.8) is 0 Å². The molecule has 1 aromatic carbocycles. The number of benzene rings is 1. The number of amides is 1. The summed E-state index contributed by atoms with van der Waals surface area (Å²) in [7, 11) is 0. The standard InChI is InChI=1S/C22H19ClF2N6O/c23-18-17(14-9-27-29-20(14)21(19(18)25)26-8-10-1-2-10)11-3-4-31-12(5-11)6-16(30-31)28-22(32)13-7-15(13)24/h3-6,9-10,13,15,26H,1-2,7-8H2,(H,27,29)(H,28,30,32)/t13-,15+/m1/s1. The maximum Gasteiger partial charge on any atom is 0.231 e. The molecule has 0 spiro atoms. The molecule has 0 saturated heterocycles. The number of aromatic nitrogens is 4. The third-order valence-electron chi connectivity index (χ3n) is 6.11. The van der Waals surface area contributed by atoms with Gasteiger partial charge < -0.3 is 10.6 Å². The fourth-order valence-electron chi connectivity index (χ4n) is 4.00. The SMILES string of the molecule is O=C(Nc1cc2cc(-c3c(Cl)c(F)c(NCC4CC4)c4[nH]ncc34)ccn2n1)[C@@H]1C[C@@H]1F. The minimum absolute atomic E-state index is 0.0114. The van der Waals surface area contributed by atoms with Gasteiger partial charge in [-0.15, -0.1) is 0 Å². The molecule has 6 rings (SSSR count). The van der Waals surface area contributed by atoms with Crippen LogP contribution in [0.15, 0.2) is 30.6 Å². The Hall–Kier alpha value is -3.20. The van der Waals surface area contributed by atoms with Crippen LogP contribution in [0.4, 0.5) is 20.3 Å². The number of aromatic amines is 1. The molecule has 2 fully saturated rings. The Morgan fingerprint density at radius 3 is 2.91 bits per heavy atom.